The van der Waals surface area contributed by atoms with Crippen LogP contribution in [-0.2, 0) is 26.2 Å². The Hall–Kier alpha value is -3.56. The number of ether oxygens (including phenoxy) is 1. The van der Waals surface area contributed by atoms with Crippen LogP contribution >= 0.6 is 11.6 Å². The first-order chi connectivity index (χ1) is 19.5. The molecule has 0 fully saturated rings. The lowest BCUT2D eigenvalue weighted by molar-refractivity contribution is -0.140. The molecule has 1 unspecified atom stereocenters. The van der Waals surface area contributed by atoms with Crippen molar-refractivity contribution in [1.29, 1.82) is 0 Å². The smallest absolute Gasteiger partial charge is 0.264 e. The lowest BCUT2D eigenvalue weighted by Crippen LogP contribution is -2.52. The Balaban J connectivity index is 2.05. The zero-order valence-corrected chi connectivity index (χ0v) is 25.7. The van der Waals surface area contributed by atoms with Gasteiger partial charge in [0, 0.05) is 18.1 Å². The molecule has 0 spiro atoms. The molecule has 0 aliphatic heterocycles. The summed E-state index contributed by atoms with van der Waals surface area (Å²) in [6.07, 6.45) is 0.339. The number of benzene rings is 3. The maximum Gasteiger partial charge on any atom is 0.264 e. The summed E-state index contributed by atoms with van der Waals surface area (Å²) in [5.41, 5.74) is 1.93. The maximum absolute atomic E-state index is 14.1. The van der Waals surface area contributed by atoms with Crippen molar-refractivity contribution in [2.45, 2.75) is 51.6 Å². The molecule has 3 aromatic carbocycles. The molecule has 1 atom stereocenters. The molecule has 3 aromatic rings. The number of methoxy groups -OCH3 is 1. The summed E-state index contributed by atoms with van der Waals surface area (Å²) in [7, 11) is -2.60. The van der Waals surface area contributed by atoms with Gasteiger partial charge in [0.05, 0.1) is 17.7 Å². The summed E-state index contributed by atoms with van der Waals surface area (Å²) < 4.78 is 34.2. The van der Waals surface area contributed by atoms with E-state index in [1.165, 1.54) is 17.0 Å². The number of amides is 2. The monoisotopic (exact) mass is 599 g/mol. The number of carbonyl (C=O) groups is 2. The highest BCUT2D eigenvalue weighted by Gasteiger charge is 2.33. The Morgan fingerprint density at radius 3 is 2.24 bits per heavy atom. The quantitative estimate of drug-likeness (QED) is 0.283. The van der Waals surface area contributed by atoms with E-state index in [1.807, 2.05) is 33.8 Å². The zero-order chi connectivity index (χ0) is 30.2. The van der Waals surface area contributed by atoms with Crippen molar-refractivity contribution in [3.05, 3.63) is 88.9 Å². The standard InChI is InChI=1S/C31H38ClN3O5S/c1-6-29(31(37)33-19-22(2)3)34(20-24-8-7-9-27(18-24)40-5)30(36)21-35(26-14-12-25(32)13-15-26)41(38,39)28-16-10-23(4)11-17-28/h7-18,22,29H,6,19-21H2,1-5H3,(H,33,37). The minimum absolute atomic E-state index is 0.0481. The minimum atomic E-state index is -4.15. The van der Waals surface area contributed by atoms with Crippen molar-refractivity contribution in [1.82, 2.24) is 10.2 Å². The number of aryl methyl sites for hydroxylation is 1. The fourth-order valence-corrected chi connectivity index (χ4v) is 5.82. The normalized spacial score (nSPS) is 12.1. The lowest BCUT2D eigenvalue weighted by Gasteiger charge is -2.33. The van der Waals surface area contributed by atoms with Gasteiger partial charge in [-0.25, -0.2) is 8.42 Å². The van der Waals surface area contributed by atoms with Gasteiger partial charge in [0.2, 0.25) is 11.8 Å². The molecule has 8 nitrogen and oxygen atoms in total. The van der Waals surface area contributed by atoms with E-state index in [4.69, 9.17) is 16.3 Å². The second kappa shape index (κ2) is 14.4. The molecule has 0 aliphatic rings. The first-order valence-corrected chi connectivity index (χ1v) is 15.3. The molecule has 10 heteroatoms. The van der Waals surface area contributed by atoms with Crippen molar-refractivity contribution in [3.8, 4) is 5.75 Å². The van der Waals surface area contributed by atoms with Gasteiger partial charge in [-0.05, 0) is 73.4 Å². The second-order valence-corrected chi connectivity index (χ2v) is 12.5. The Labute approximate surface area is 248 Å². The average Bonchev–Trinajstić information content (AvgIpc) is 2.95. The van der Waals surface area contributed by atoms with Gasteiger partial charge in [-0.15, -0.1) is 0 Å². The Morgan fingerprint density at radius 1 is 1.00 bits per heavy atom. The van der Waals surface area contributed by atoms with Crippen LogP contribution in [0.3, 0.4) is 0 Å². The van der Waals surface area contributed by atoms with Gasteiger partial charge in [-0.3, -0.25) is 13.9 Å². The van der Waals surface area contributed by atoms with Gasteiger partial charge >= 0.3 is 0 Å². The molecular formula is C31H38ClN3O5S. The maximum atomic E-state index is 14.1. The van der Waals surface area contributed by atoms with Crippen LogP contribution in [0.1, 0.15) is 38.3 Å². The highest BCUT2D eigenvalue weighted by Crippen LogP contribution is 2.27. The van der Waals surface area contributed by atoms with Crippen LogP contribution in [0.5, 0.6) is 5.75 Å². The number of carbonyl (C=O) groups excluding carboxylic acids is 2. The molecule has 3 rings (SSSR count). The summed E-state index contributed by atoms with van der Waals surface area (Å²) in [5, 5.41) is 3.36. The molecule has 0 aromatic heterocycles. The second-order valence-electron chi connectivity index (χ2n) is 10.2. The van der Waals surface area contributed by atoms with E-state index in [-0.39, 0.29) is 29.0 Å². The van der Waals surface area contributed by atoms with Crippen LogP contribution in [0, 0.1) is 12.8 Å². The van der Waals surface area contributed by atoms with Crippen LogP contribution in [0.2, 0.25) is 5.02 Å². The number of hydrogen-bond donors (Lipinski definition) is 1. The topological polar surface area (TPSA) is 96.0 Å². The fourth-order valence-electron chi connectivity index (χ4n) is 4.28. The van der Waals surface area contributed by atoms with Crippen LogP contribution < -0.4 is 14.4 Å². The van der Waals surface area contributed by atoms with Gasteiger partial charge in [0.15, 0.2) is 0 Å². The van der Waals surface area contributed by atoms with Crippen LogP contribution in [-0.4, -0.2) is 51.4 Å². The van der Waals surface area contributed by atoms with Crippen molar-refractivity contribution in [2.75, 3.05) is 24.5 Å². The number of halogens is 1. The summed E-state index contributed by atoms with van der Waals surface area (Å²) in [4.78, 5) is 28.9. The molecule has 220 valence electrons. The largest absolute Gasteiger partial charge is 0.497 e. The van der Waals surface area contributed by atoms with Gasteiger partial charge < -0.3 is 15.0 Å². The van der Waals surface area contributed by atoms with E-state index in [0.717, 1.165) is 15.4 Å². The molecular weight excluding hydrogens is 562 g/mol. The van der Waals surface area contributed by atoms with Crippen molar-refractivity contribution in [2.24, 2.45) is 5.92 Å². The SMILES string of the molecule is CCC(C(=O)NCC(C)C)N(Cc1cccc(OC)c1)C(=O)CN(c1ccc(Cl)cc1)S(=O)(=O)c1ccc(C)cc1. The fraction of sp³-hybridized carbons (Fsp3) is 0.355. The third-order valence-corrected chi connectivity index (χ3v) is 8.60. The third kappa shape index (κ3) is 8.47. The predicted octanol–water partition coefficient (Wildman–Crippen LogP) is 5.43. The molecule has 0 radical (unpaired) electrons. The molecule has 0 aliphatic carbocycles. The lowest BCUT2D eigenvalue weighted by atomic mass is 10.1. The van der Waals surface area contributed by atoms with Crippen LogP contribution in [0.15, 0.2) is 77.7 Å². The molecule has 41 heavy (non-hydrogen) atoms. The predicted molar refractivity (Wildman–Crippen MR) is 163 cm³/mol. The molecule has 0 saturated carbocycles. The van der Waals surface area contributed by atoms with Gasteiger partial charge in [0.1, 0.15) is 18.3 Å². The van der Waals surface area contributed by atoms with Crippen LogP contribution in [0.4, 0.5) is 5.69 Å². The van der Waals surface area contributed by atoms with Crippen molar-refractivity contribution in [3.63, 3.8) is 0 Å². The summed E-state index contributed by atoms with van der Waals surface area (Å²) in [6.45, 7) is 7.68. The number of rotatable bonds is 13. The summed E-state index contributed by atoms with van der Waals surface area (Å²) >= 11 is 6.09. The number of anilines is 1. The Kier molecular flexibility index (Phi) is 11.2. The zero-order valence-electron chi connectivity index (χ0n) is 24.1. The number of nitrogens with one attached hydrogen (secondary N) is 1. The molecule has 1 N–H and O–H groups in total. The van der Waals surface area contributed by atoms with E-state index in [0.29, 0.717) is 23.7 Å². The average molecular weight is 600 g/mol. The highest BCUT2D eigenvalue weighted by atomic mass is 35.5. The van der Waals surface area contributed by atoms with E-state index < -0.39 is 28.5 Å². The van der Waals surface area contributed by atoms with Crippen molar-refractivity contribution >= 4 is 39.1 Å². The number of hydrogen-bond acceptors (Lipinski definition) is 5. The first-order valence-electron chi connectivity index (χ1n) is 13.5. The van der Waals surface area contributed by atoms with Gasteiger partial charge in [-0.2, -0.15) is 0 Å². The summed E-state index contributed by atoms with van der Waals surface area (Å²) in [5.74, 6) is 0.0119. The highest BCUT2D eigenvalue weighted by molar-refractivity contribution is 7.92. The summed E-state index contributed by atoms with van der Waals surface area (Å²) in [6, 6.07) is 19.1. The van der Waals surface area contributed by atoms with E-state index >= 15 is 0 Å². The van der Waals surface area contributed by atoms with E-state index in [9.17, 15) is 18.0 Å². The minimum Gasteiger partial charge on any atom is -0.497 e. The van der Waals surface area contributed by atoms with Crippen molar-refractivity contribution < 1.29 is 22.7 Å². The van der Waals surface area contributed by atoms with E-state index in [1.54, 1.807) is 61.7 Å². The first kappa shape index (κ1) is 32.0. The van der Waals surface area contributed by atoms with Gasteiger partial charge in [-0.1, -0.05) is 62.2 Å². The third-order valence-electron chi connectivity index (χ3n) is 6.56. The molecule has 2 amide bonds. The van der Waals surface area contributed by atoms with Crippen LogP contribution in [0.25, 0.3) is 0 Å². The molecule has 0 bridgehead atoms. The Bertz CT molecular complexity index is 1430. The van der Waals surface area contributed by atoms with Gasteiger partial charge in [0.25, 0.3) is 10.0 Å². The number of sulfonamides is 1. The van der Waals surface area contributed by atoms with E-state index in [2.05, 4.69) is 5.32 Å². The molecule has 0 heterocycles. The number of nitrogens with zero attached hydrogens (tertiary/aromatic N) is 2. The molecule has 0 saturated heterocycles. The Morgan fingerprint density at radius 2 is 1.66 bits per heavy atom.